The Balaban J connectivity index is 1.61. The SMILES string of the molecule is COc1ccc2c(c1)C=C(c1c(C(=O)O)ncn1C(C)C)Cn1c-2c(C2CCCCC2)c2ccc(C(=O)NOSC(C)C)cc21. The van der Waals surface area contributed by atoms with Gasteiger partial charge in [0, 0.05) is 45.4 Å². The number of hydrogen-bond donors (Lipinski definition) is 2. The number of benzene rings is 2. The molecule has 1 fully saturated rings. The highest BCUT2D eigenvalue weighted by atomic mass is 32.2. The number of nitrogens with one attached hydrogen (secondary N) is 1. The second kappa shape index (κ2) is 12.8. The van der Waals surface area contributed by atoms with Gasteiger partial charge in [-0.05, 0) is 85.7 Å². The third-order valence-electron chi connectivity index (χ3n) is 8.78. The van der Waals surface area contributed by atoms with Crippen LogP contribution < -0.4 is 10.2 Å². The minimum Gasteiger partial charge on any atom is -0.497 e. The number of carboxylic acids is 1. The summed E-state index contributed by atoms with van der Waals surface area (Å²) in [7, 11) is 1.65. The summed E-state index contributed by atoms with van der Waals surface area (Å²) >= 11 is 1.20. The van der Waals surface area contributed by atoms with Crippen molar-refractivity contribution >= 4 is 46.5 Å². The molecule has 0 atom stereocenters. The van der Waals surface area contributed by atoms with Crippen LogP contribution in [0.2, 0.25) is 0 Å². The van der Waals surface area contributed by atoms with E-state index in [-0.39, 0.29) is 22.9 Å². The number of nitrogens with zero attached hydrogens (tertiary/aromatic N) is 3. The van der Waals surface area contributed by atoms with E-state index in [1.54, 1.807) is 13.4 Å². The van der Waals surface area contributed by atoms with E-state index in [2.05, 4.69) is 33.2 Å². The van der Waals surface area contributed by atoms with Gasteiger partial charge in [0.15, 0.2) is 5.69 Å². The molecular formula is C35H40N4O5S. The number of carbonyl (C=O) groups excluding carboxylic acids is 1. The molecule has 2 aromatic heterocycles. The maximum absolute atomic E-state index is 13.2. The Morgan fingerprint density at radius 2 is 1.82 bits per heavy atom. The van der Waals surface area contributed by atoms with Gasteiger partial charge in [-0.15, -0.1) is 0 Å². The van der Waals surface area contributed by atoms with E-state index < -0.39 is 5.97 Å². The van der Waals surface area contributed by atoms with Crippen LogP contribution in [0.4, 0.5) is 0 Å². The lowest BCUT2D eigenvalue weighted by Crippen LogP contribution is -2.21. The van der Waals surface area contributed by atoms with Gasteiger partial charge in [0.05, 0.1) is 31.4 Å². The number of aromatic nitrogens is 3. The molecule has 1 aliphatic carbocycles. The number of aromatic carboxylic acids is 1. The topological polar surface area (TPSA) is 108 Å². The number of amides is 1. The Bertz CT molecular complexity index is 1800. The molecule has 1 aliphatic heterocycles. The van der Waals surface area contributed by atoms with Crippen molar-refractivity contribution in [2.45, 2.75) is 83.6 Å². The highest BCUT2D eigenvalue weighted by Gasteiger charge is 2.32. The molecule has 1 saturated carbocycles. The summed E-state index contributed by atoms with van der Waals surface area (Å²) < 4.78 is 15.2. The molecule has 0 saturated heterocycles. The molecule has 0 radical (unpaired) electrons. The van der Waals surface area contributed by atoms with E-state index in [1.807, 2.05) is 56.5 Å². The van der Waals surface area contributed by atoms with Crippen LogP contribution in [-0.2, 0) is 10.8 Å². The molecular weight excluding hydrogens is 588 g/mol. The summed E-state index contributed by atoms with van der Waals surface area (Å²) in [5.74, 6) is -0.295. The first-order valence-electron chi connectivity index (χ1n) is 15.7. The number of rotatable bonds is 9. The van der Waals surface area contributed by atoms with E-state index in [9.17, 15) is 14.7 Å². The van der Waals surface area contributed by atoms with Crippen molar-refractivity contribution in [3.63, 3.8) is 0 Å². The highest BCUT2D eigenvalue weighted by molar-refractivity contribution is 7.95. The van der Waals surface area contributed by atoms with Crippen LogP contribution in [0.5, 0.6) is 5.75 Å². The molecule has 3 heterocycles. The number of carbonyl (C=O) groups is 2. The fraction of sp³-hybridized carbons (Fsp3) is 0.400. The largest absolute Gasteiger partial charge is 0.497 e. The summed E-state index contributed by atoms with van der Waals surface area (Å²) in [4.78, 5) is 30.0. The third kappa shape index (κ3) is 5.89. The van der Waals surface area contributed by atoms with Gasteiger partial charge in [-0.2, -0.15) is 0 Å². The fourth-order valence-corrected chi connectivity index (χ4v) is 7.09. The van der Waals surface area contributed by atoms with Gasteiger partial charge in [0.2, 0.25) is 0 Å². The molecule has 6 rings (SSSR count). The van der Waals surface area contributed by atoms with Crippen LogP contribution in [-0.4, -0.2) is 43.5 Å². The summed E-state index contributed by atoms with van der Waals surface area (Å²) in [6.45, 7) is 8.43. The zero-order chi connectivity index (χ0) is 31.8. The molecule has 1 amide bonds. The minimum atomic E-state index is -1.07. The van der Waals surface area contributed by atoms with Crippen molar-refractivity contribution in [2.24, 2.45) is 0 Å². The summed E-state index contributed by atoms with van der Waals surface area (Å²) in [6.07, 6.45) is 9.49. The number of hydroxylamine groups is 1. The van der Waals surface area contributed by atoms with Crippen LogP contribution in [0, 0.1) is 0 Å². The van der Waals surface area contributed by atoms with Crippen LogP contribution in [0.1, 0.15) is 109 Å². The molecule has 0 spiro atoms. The molecule has 4 aromatic rings. The number of carboxylic acid groups (broad SMARTS) is 1. The van der Waals surface area contributed by atoms with Crippen molar-refractivity contribution in [1.82, 2.24) is 19.6 Å². The predicted molar refractivity (Wildman–Crippen MR) is 178 cm³/mol. The second-order valence-electron chi connectivity index (χ2n) is 12.4. The van der Waals surface area contributed by atoms with Crippen molar-refractivity contribution < 1.29 is 23.7 Å². The van der Waals surface area contributed by atoms with Gasteiger partial charge in [-0.1, -0.05) is 39.2 Å². The molecule has 2 aromatic carbocycles. The average Bonchev–Trinajstić information content (AvgIpc) is 3.56. The van der Waals surface area contributed by atoms with Gasteiger partial charge in [-0.3, -0.25) is 4.79 Å². The number of ether oxygens (including phenoxy) is 1. The number of allylic oxidation sites excluding steroid dienone is 1. The average molecular weight is 629 g/mol. The van der Waals surface area contributed by atoms with Gasteiger partial charge >= 0.3 is 5.97 Å². The molecule has 236 valence electrons. The van der Waals surface area contributed by atoms with Crippen molar-refractivity contribution in [3.8, 4) is 17.0 Å². The highest BCUT2D eigenvalue weighted by Crippen LogP contribution is 2.48. The third-order valence-corrected chi connectivity index (χ3v) is 9.35. The molecule has 45 heavy (non-hydrogen) atoms. The predicted octanol–water partition coefficient (Wildman–Crippen LogP) is 8.11. The molecule has 2 aliphatic rings. The quantitative estimate of drug-likeness (QED) is 0.142. The lowest BCUT2D eigenvalue weighted by atomic mass is 9.81. The first kappa shape index (κ1) is 31.0. The van der Waals surface area contributed by atoms with Crippen molar-refractivity contribution in [3.05, 3.63) is 70.8 Å². The van der Waals surface area contributed by atoms with E-state index in [0.717, 1.165) is 51.9 Å². The summed E-state index contributed by atoms with van der Waals surface area (Å²) in [5.41, 5.74) is 9.82. The molecule has 2 N–H and O–H groups in total. The Morgan fingerprint density at radius 3 is 2.51 bits per heavy atom. The first-order chi connectivity index (χ1) is 21.7. The maximum Gasteiger partial charge on any atom is 0.356 e. The lowest BCUT2D eigenvalue weighted by Gasteiger charge is -2.24. The number of imidazole rings is 1. The zero-order valence-corrected chi connectivity index (χ0v) is 27.2. The normalized spacial score (nSPS) is 15.1. The molecule has 0 bridgehead atoms. The summed E-state index contributed by atoms with van der Waals surface area (Å²) in [6, 6.07) is 12.0. The molecule has 0 unspecified atom stereocenters. The van der Waals surface area contributed by atoms with Gasteiger partial charge in [-0.25, -0.2) is 19.5 Å². The second-order valence-corrected chi connectivity index (χ2v) is 13.7. The maximum atomic E-state index is 13.2. The Kier molecular flexibility index (Phi) is 8.79. The smallest absolute Gasteiger partial charge is 0.356 e. The van der Waals surface area contributed by atoms with Crippen molar-refractivity contribution in [2.75, 3.05) is 7.11 Å². The lowest BCUT2D eigenvalue weighted by molar-refractivity contribution is 0.0690. The number of methoxy groups -OCH3 is 1. The monoisotopic (exact) mass is 628 g/mol. The van der Waals surface area contributed by atoms with Crippen LogP contribution in [0.15, 0.2) is 42.7 Å². The number of hydrogen-bond acceptors (Lipinski definition) is 6. The standard InChI is InChI=1S/C35H40N4O5S/c1-20(2)39-19-36-31(35(41)42)32(39)25-15-24-16-26(43-5)12-14-27(24)33-30(22-9-7-6-8-10-22)28-13-11-23(17-29(28)38(33)18-25)34(40)37-44-45-21(3)4/h11-17,19-22H,6-10,18H2,1-5H3,(H,37,40)(H,41,42). The Hall–Kier alpha value is -4.02. The molecule has 9 nitrogen and oxygen atoms in total. The van der Waals surface area contributed by atoms with Gasteiger partial charge in [0.25, 0.3) is 5.91 Å². The summed E-state index contributed by atoms with van der Waals surface area (Å²) in [5, 5.41) is 11.5. The number of fused-ring (bicyclic) bond motifs is 5. The minimum absolute atomic E-state index is 0.00721. The van der Waals surface area contributed by atoms with Gasteiger partial charge in [0.1, 0.15) is 5.75 Å². The van der Waals surface area contributed by atoms with Crippen LogP contribution in [0.3, 0.4) is 0 Å². The zero-order valence-electron chi connectivity index (χ0n) is 26.4. The van der Waals surface area contributed by atoms with Crippen LogP contribution in [0.25, 0.3) is 33.8 Å². The molecule has 10 heteroatoms. The van der Waals surface area contributed by atoms with E-state index in [1.165, 1.54) is 36.9 Å². The Morgan fingerprint density at radius 1 is 1.04 bits per heavy atom. The van der Waals surface area contributed by atoms with Gasteiger partial charge < -0.3 is 19.0 Å². The van der Waals surface area contributed by atoms with E-state index in [0.29, 0.717) is 23.7 Å². The fourth-order valence-electron chi connectivity index (χ4n) is 6.77. The van der Waals surface area contributed by atoms with Crippen LogP contribution >= 0.6 is 12.0 Å². The first-order valence-corrected chi connectivity index (χ1v) is 16.5. The Labute approximate surface area is 267 Å². The van der Waals surface area contributed by atoms with Crippen molar-refractivity contribution in [1.29, 1.82) is 0 Å². The van der Waals surface area contributed by atoms with E-state index in [4.69, 9.17) is 9.02 Å². The van der Waals surface area contributed by atoms with E-state index >= 15 is 0 Å².